The second-order valence-corrected chi connectivity index (χ2v) is 5.97. The van der Waals surface area contributed by atoms with Gasteiger partial charge in [-0.15, -0.1) is 0 Å². The van der Waals surface area contributed by atoms with Crippen molar-refractivity contribution in [2.75, 3.05) is 0 Å². The fourth-order valence-corrected chi connectivity index (χ4v) is 3.81. The third kappa shape index (κ3) is 1.57. The Labute approximate surface area is 117 Å². The minimum atomic E-state index is -0.0649. The Bertz CT molecular complexity index is 667. The van der Waals surface area contributed by atoms with Crippen molar-refractivity contribution in [1.82, 2.24) is 0 Å². The lowest BCUT2D eigenvalue weighted by Crippen LogP contribution is -2.38. The Balaban J connectivity index is 1.95. The fraction of sp³-hybridized carbons (Fsp3) is 0.333. The van der Waals surface area contributed by atoms with E-state index in [4.69, 9.17) is 0 Å². The van der Waals surface area contributed by atoms with Gasteiger partial charge in [-0.1, -0.05) is 37.1 Å². The van der Waals surface area contributed by atoms with Crippen molar-refractivity contribution in [3.8, 4) is 0 Å². The van der Waals surface area contributed by atoms with Crippen LogP contribution in [-0.4, -0.2) is 11.6 Å². The molecule has 0 aliphatic heterocycles. The molecule has 0 radical (unpaired) electrons. The minimum absolute atomic E-state index is 0.0649. The highest BCUT2D eigenvalue weighted by molar-refractivity contribution is 6.18. The maximum atomic E-state index is 12.7. The van der Waals surface area contributed by atoms with Gasteiger partial charge in [0.2, 0.25) is 0 Å². The number of fused-ring (bicyclic) bond motifs is 3. The van der Waals surface area contributed by atoms with Gasteiger partial charge in [-0.25, -0.2) is 0 Å². The Kier molecular flexibility index (Phi) is 2.53. The third-order valence-corrected chi connectivity index (χ3v) is 4.86. The lowest BCUT2D eigenvalue weighted by molar-refractivity contribution is 0.0677. The van der Waals surface area contributed by atoms with Crippen molar-refractivity contribution >= 4 is 22.3 Å². The molecule has 2 aromatic rings. The van der Waals surface area contributed by atoms with Crippen molar-refractivity contribution in [1.29, 1.82) is 0 Å². The molecule has 4 rings (SSSR count). The normalized spacial score (nSPS) is 25.4. The zero-order chi connectivity index (χ0) is 13.7. The number of ketones is 2. The standard InChI is InChI=1S/C18H16O2/c19-17-13-7-3-4-8-14(13)18(20)16-10-12-6-2-1-5-11(12)9-15(16)17/h1-2,5-6,9-10,13-14H,3-4,7-8H2. The number of carbonyl (C=O) groups is 2. The summed E-state index contributed by atoms with van der Waals surface area (Å²) in [6.45, 7) is 0. The highest BCUT2D eigenvalue weighted by Gasteiger charge is 2.42. The molecule has 1 fully saturated rings. The van der Waals surface area contributed by atoms with Crippen LogP contribution < -0.4 is 0 Å². The van der Waals surface area contributed by atoms with E-state index in [1.807, 2.05) is 36.4 Å². The Hall–Kier alpha value is -1.96. The molecule has 100 valence electrons. The molecule has 0 heterocycles. The van der Waals surface area contributed by atoms with Crippen LogP contribution in [0.1, 0.15) is 46.4 Å². The Morgan fingerprint density at radius 3 is 1.65 bits per heavy atom. The predicted molar refractivity (Wildman–Crippen MR) is 78.1 cm³/mol. The first-order chi connectivity index (χ1) is 9.75. The number of rotatable bonds is 0. The van der Waals surface area contributed by atoms with Crippen molar-refractivity contribution < 1.29 is 9.59 Å². The lowest BCUT2D eigenvalue weighted by Gasteiger charge is -2.34. The quantitative estimate of drug-likeness (QED) is 0.720. The second kappa shape index (κ2) is 4.27. The van der Waals surface area contributed by atoms with Crippen LogP contribution in [0.15, 0.2) is 36.4 Å². The van der Waals surface area contributed by atoms with Gasteiger partial charge in [-0.3, -0.25) is 9.59 Å². The van der Waals surface area contributed by atoms with Gasteiger partial charge in [0.15, 0.2) is 11.6 Å². The molecule has 2 aromatic carbocycles. The first-order valence-electron chi connectivity index (χ1n) is 7.37. The van der Waals surface area contributed by atoms with E-state index in [0.29, 0.717) is 11.1 Å². The molecule has 0 amide bonds. The molecule has 2 nitrogen and oxygen atoms in total. The molecule has 2 aliphatic carbocycles. The summed E-state index contributed by atoms with van der Waals surface area (Å²) in [4.78, 5) is 25.4. The lowest BCUT2D eigenvalue weighted by atomic mass is 9.67. The molecule has 0 bridgehead atoms. The zero-order valence-electron chi connectivity index (χ0n) is 11.3. The fourth-order valence-electron chi connectivity index (χ4n) is 3.81. The molecule has 0 aromatic heterocycles. The minimum Gasteiger partial charge on any atom is -0.294 e. The summed E-state index contributed by atoms with van der Waals surface area (Å²) in [6.07, 6.45) is 3.90. The van der Waals surface area contributed by atoms with E-state index in [0.717, 1.165) is 36.5 Å². The van der Waals surface area contributed by atoms with Crippen LogP contribution in [0.5, 0.6) is 0 Å². The Morgan fingerprint density at radius 1 is 0.750 bits per heavy atom. The summed E-state index contributed by atoms with van der Waals surface area (Å²) < 4.78 is 0. The van der Waals surface area contributed by atoms with Gasteiger partial charge in [0, 0.05) is 23.0 Å². The van der Waals surface area contributed by atoms with Crippen molar-refractivity contribution in [2.24, 2.45) is 11.8 Å². The molecule has 0 spiro atoms. The largest absolute Gasteiger partial charge is 0.294 e. The highest BCUT2D eigenvalue weighted by Crippen LogP contribution is 2.40. The van der Waals surface area contributed by atoms with Crippen LogP contribution in [0.2, 0.25) is 0 Å². The Morgan fingerprint density at radius 2 is 1.20 bits per heavy atom. The van der Waals surface area contributed by atoms with Crippen LogP contribution in [-0.2, 0) is 0 Å². The van der Waals surface area contributed by atoms with E-state index in [1.54, 1.807) is 0 Å². The van der Waals surface area contributed by atoms with E-state index >= 15 is 0 Å². The maximum absolute atomic E-state index is 12.7. The molecule has 0 saturated heterocycles. The van der Waals surface area contributed by atoms with E-state index in [-0.39, 0.29) is 23.4 Å². The van der Waals surface area contributed by atoms with Gasteiger partial charge in [0.1, 0.15) is 0 Å². The van der Waals surface area contributed by atoms with Crippen LogP contribution in [0.3, 0.4) is 0 Å². The number of benzene rings is 2. The summed E-state index contributed by atoms with van der Waals surface area (Å²) in [5, 5.41) is 2.09. The number of hydrogen-bond acceptors (Lipinski definition) is 2. The van der Waals surface area contributed by atoms with Crippen LogP contribution in [0, 0.1) is 11.8 Å². The van der Waals surface area contributed by atoms with Gasteiger partial charge in [-0.2, -0.15) is 0 Å². The van der Waals surface area contributed by atoms with Gasteiger partial charge >= 0.3 is 0 Å². The molecule has 2 atom stereocenters. The van der Waals surface area contributed by atoms with Crippen molar-refractivity contribution in [3.05, 3.63) is 47.5 Å². The third-order valence-electron chi connectivity index (χ3n) is 4.86. The van der Waals surface area contributed by atoms with E-state index in [1.165, 1.54) is 0 Å². The van der Waals surface area contributed by atoms with Gasteiger partial charge in [0.25, 0.3) is 0 Å². The van der Waals surface area contributed by atoms with E-state index < -0.39 is 0 Å². The summed E-state index contributed by atoms with van der Waals surface area (Å²) in [7, 11) is 0. The van der Waals surface area contributed by atoms with Gasteiger partial charge in [0.05, 0.1) is 0 Å². The highest BCUT2D eigenvalue weighted by atomic mass is 16.1. The summed E-state index contributed by atoms with van der Waals surface area (Å²) in [6, 6.07) is 11.8. The maximum Gasteiger partial charge on any atom is 0.167 e. The first-order valence-corrected chi connectivity index (χ1v) is 7.37. The topological polar surface area (TPSA) is 34.1 Å². The predicted octanol–water partition coefficient (Wildman–Crippen LogP) is 4.03. The number of hydrogen-bond donors (Lipinski definition) is 0. The number of Topliss-reactive ketones (excluding diaryl/α,β-unsaturated/α-hetero) is 2. The summed E-state index contributed by atoms with van der Waals surface area (Å²) >= 11 is 0. The van der Waals surface area contributed by atoms with Crippen molar-refractivity contribution in [2.45, 2.75) is 25.7 Å². The van der Waals surface area contributed by atoms with E-state index in [2.05, 4.69) is 0 Å². The summed E-state index contributed by atoms with van der Waals surface area (Å²) in [5.74, 6) is 0.250. The molecule has 2 heteroatoms. The summed E-state index contributed by atoms with van der Waals surface area (Å²) in [5.41, 5.74) is 1.30. The van der Waals surface area contributed by atoms with Crippen LogP contribution in [0.4, 0.5) is 0 Å². The molecule has 2 aliphatic rings. The first kappa shape index (κ1) is 11.8. The number of carbonyl (C=O) groups excluding carboxylic acids is 2. The molecule has 0 N–H and O–H groups in total. The molecular formula is C18H16O2. The van der Waals surface area contributed by atoms with Crippen LogP contribution in [0.25, 0.3) is 10.8 Å². The van der Waals surface area contributed by atoms with Gasteiger partial charge in [-0.05, 0) is 35.7 Å². The van der Waals surface area contributed by atoms with Gasteiger partial charge < -0.3 is 0 Å². The molecule has 20 heavy (non-hydrogen) atoms. The van der Waals surface area contributed by atoms with Crippen LogP contribution >= 0.6 is 0 Å². The zero-order valence-corrected chi connectivity index (χ0v) is 11.3. The average Bonchev–Trinajstić information content (AvgIpc) is 2.51. The molecule has 2 unspecified atom stereocenters. The molecule has 1 saturated carbocycles. The smallest absolute Gasteiger partial charge is 0.167 e. The molecular weight excluding hydrogens is 248 g/mol. The van der Waals surface area contributed by atoms with E-state index in [9.17, 15) is 9.59 Å². The monoisotopic (exact) mass is 264 g/mol. The second-order valence-electron chi connectivity index (χ2n) is 5.97. The average molecular weight is 264 g/mol. The SMILES string of the molecule is O=C1c2cc3ccccc3cc2C(=O)C2CCCCC12. The van der Waals surface area contributed by atoms with Crippen molar-refractivity contribution in [3.63, 3.8) is 0 Å².